The number of nitrogens with zero attached hydrogens (tertiary/aromatic N) is 5. The van der Waals surface area contributed by atoms with E-state index in [4.69, 9.17) is 28.2 Å². The number of piperazine rings is 1. The molecular formula is C33H36Cl2F2N6O3S. The Morgan fingerprint density at radius 3 is 2.60 bits per heavy atom. The van der Waals surface area contributed by atoms with Crippen LogP contribution < -0.4 is 5.32 Å². The number of pyridine rings is 1. The molecule has 2 aromatic rings. The molecule has 14 heteroatoms. The molecule has 0 unspecified atom stereocenters. The van der Waals surface area contributed by atoms with E-state index in [-0.39, 0.29) is 42.0 Å². The molecule has 1 aromatic carbocycles. The van der Waals surface area contributed by atoms with Crippen LogP contribution in [0.3, 0.4) is 0 Å². The third kappa shape index (κ3) is 5.53. The van der Waals surface area contributed by atoms with E-state index in [2.05, 4.69) is 10.3 Å². The van der Waals surface area contributed by atoms with Gasteiger partial charge < -0.3 is 25.1 Å². The molecule has 1 aromatic heterocycles. The smallest absolute Gasteiger partial charge is 0.263 e. The Kier molecular flexibility index (Phi) is 8.35. The Morgan fingerprint density at radius 2 is 1.96 bits per heavy atom. The fourth-order valence-electron chi connectivity index (χ4n) is 7.42. The second kappa shape index (κ2) is 12.0. The molecule has 2 saturated heterocycles. The van der Waals surface area contributed by atoms with E-state index in [0.29, 0.717) is 39.6 Å². The number of amidine groups is 1. The summed E-state index contributed by atoms with van der Waals surface area (Å²) in [4.78, 5) is 43.3. The number of aromatic nitrogens is 1. The molecule has 2 N–H and O–H groups in total. The van der Waals surface area contributed by atoms with Gasteiger partial charge in [0.15, 0.2) is 5.17 Å². The molecule has 5 heterocycles. The van der Waals surface area contributed by atoms with Gasteiger partial charge in [0.25, 0.3) is 5.91 Å². The maximum absolute atomic E-state index is 15.2. The lowest BCUT2D eigenvalue weighted by atomic mass is 9.81. The van der Waals surface area contributed by atoms with Gasteiger partial charge in [-0.25, -0.2) is 18.8 Å². The summed E-state index contributed by atoms with van der Waals surface area (Å²) >= 11 is 13.4. The molecule has 1 saturated carbocycles. The minimum absolute atomic E-state index is 0.0138. The van der Waals surface area contributed by atoms with Crippen LogP contribution in [-0.2, 0) is 15.1 Å². The van der Waals surface area contributed by atoms with Crippen LogP contribution >= 0.6 is 35.0 Å². The molecule has 0 radical (unpaired) electrons. The van der Waals surface area contributed by atoms with Gasteiger partial charge in [0.1, 0.15) is 33.6 Å². The second-order valence-corrected chi connectivity index (χ2v) is 15.4. The Labute approximate surface area is 286 Å². The number of rotatable bonds is 6. The summed E-state index contributed by atoms with van der Waals surface area (Å²) in [5.41, 5.74) is 0.881. The Hall–Kier alpha value is -2.77. The number of fused-ring (bicyclic) bond motifs is 1. The molecule has 4 aliphatic heterocycles. The highest BCUT2D eigenvalue weighted by Crippen LogP contribution is 2.56. The summed E-state index contributed by atoms with van der Waals surface area (Å²) in [6, 6.07) is 6.11. The Morgan fingerprint density at radius 1 is 1.19 bits per heavy atom. The number of likely N-dealkylation sites (tertiary alicyclic amines) is 1. The number of aliphatic hydroxyl groups is 1. The molecule has 5 aliphatic rings. The Balaban J connectivity index is 1.26. The molecule has 250 valence electrons. The van der Waals surface area contributed by atoms with Crippen molar-refractivity contribution in [3.8, 4) is 0 Å². The molecule has 0 bridgehead atoms. The van der Waals surface area contributed by atoms with Crippen molar-refractivity contribution in [2.45, 2.75) is 75.4 Å². The molecule has 1 spiro atoms. The molecule has 5 atom stereocenters. The first-order valence-corrected chi connectivity index (χ1v) is 17.4. The van der Waals surface area contributed by atoms with Crippen LogP contribution in [0.5, 0.6) is 0 Å². The fourth-order valence-corrected chi connectivity index (χ4v) is 9.01. The molecule has 2 amide bonds. The van der Waals surface area contributed by atoms with E-state index >= 15 is 4.39 Å². The topological polar surface area (TPSA) is 101 Å². The van der Waals surface area contributed by atoms with Gasteiger partial charge in [0.05, 0.1) is 30.3 Å². The van der Waals surface area contributed by atoms with Crippen LogP contribution in [0.4, 0.5) is 8.78 Å². The van der Waals surface area contributed by atoms with E-state index in [1.807, 2.05) is 31.7 Å². The summed E-state index contributed by atoms with van der Waals surface area (Å²) in [5.74, 6) is -1.56. The van der Waals surface area contributed by atoms with Gasteiger partial charge in [-0.05, 0) is 61.2 Å². The minimum Gasteiger partial charge on any atom is -0.394 e. The molecule has 3 fully saturated rings. The number of benzene rings is 1. The maximum Gasteiger partial charge on any atom is 0.263 e. The number of allylic oxidation sites excluding steroid dienone is 1. The SMILES string of the molecule is CC(C)C1=C(C(=O)N2C[C@H](F)C[C@H]2C(=O)N2CC3(CC3)NC[C@@H]2CO)SC2=N[C@@](C)(c3ccc(Cl)nc3)[C@@H](c3ccc(Cl)c(F)c3)N21. The summed E-state index contributed by atoms with van der Waals surface area (Å²) in [6.45, 7) is 6.28. The lowest BCUT2D eigenvalue weighted by Gasteiger charge is -2.42. The molecule has 9 nitrogen and oxygen atoms in total. The van der Waals surface area contributed by atoms with Crippen molar-refractivity contribution < 1.29 is 23.5 Å². The van der Waals surface area contributed by atoms with Gasteiger partial charge >= 0.3 is 0 Å². The number of thioether (sulfide) groups is 1. The zero-order valence-electron chi connectivity index (χ0n) is 26.2. The van der Waals surface area contributed by atoms with Crippen LogP contribution in [-0.4, -0.2) is 91.8 Å². The van der Waals surface area contributed by atoms with Gasteiger partial charge in [-0.2, -0.15) is 0 Å². The summed E-state index contributed by atoms with van der Waals surface area (Å²) in [6.07, 6.45) is 2.03. The van der Waals surface area contributed by atoms with Crippen LogP contribution in [0, 0.1) is 11.7 Å². The summed E-state index contributed by atoms with van der Waals surface area (Å²) < 4.78 is 30.1. The van der Waals surface area contributed by atoms with Gasteiger partial charge in [-0.3, -0.25) is 9.59 Å². The number of hydrogen-bond donors (Lipinski definition) is 2. The van der Waals surface area contributed by atoms with Crippen molar-refractivity contribution in [3.63, 3.8) is 0 Å². The fraction of sp³-hybridized carbons (Fsp3) is 0.515. The number of carbonyl (C=O) groups excluding carboxylic acids is 2. The van der Waals surface area contributed by atoms with Gasteiger partial charge in [-0.1, -0.05) is 49.2 Å². The Bertz CT molecular complexity index is 1690. The highest BCUT2D eigenvalue weighted by atomic mass is 35.5. The number of halogens is 4. The summed E-state index contributed by atoms with van der Waals surface area (Å²) in [5, 5.41) is 14.3. The van der Waals surface area contributed by atoms with Crippen molar-refractivity contribution >= 4 is 51.9 Å². The minimum atomic E-state index is -1.37. The van der Waals surface area contributed by atoms with Crippen molar-refractivity contribution in [2.24, 2.45) is 10.9 Å². The lowest BCUT2D eigenvalue weighted by molar-refractivity contribution is -0.146. The largest absolute Gasteiger partial charge is 0.394 e. The van der Waals surface area contributed by atoms with Crippen LogP contribution in [0.25, 0.3) is 0 Å². The average molecular weight is 706 g/mol. The number of aliphatic hydroxyl groups excluding tert-OH is 1. The first kappa shape index (κ1) is 32.8. The van der Waals surface area contributed by atoms with Crippen LogP contribution in [0.2, 0.25) is 10.2 Å². The number of hydrogen-bond acceptors (Lipinski definition) is 8. The monoisotopic (exact) mass is 704 g/mol. The molecule has 47 heavy (non-hydrogen) atoms. The van der Waals surface area contributed by atoms with Crippen molar-refractivity contribution in [2.75, 3.05) is 26.2 Å². The zero-order valence-corrected chi connectivity index (χ0v) is 28.5. The number of carbonyl (C=O) groups is 2. The second-order valence-electron chi connectivity index (χ2n) is 13.6. The van der Waals surface area contributed by atoms with Gasteiger partial charge in [0, 0.05) is 42.5 Å². The van der Waals surface area contributed by atoms with Crippen molar-refractivity contribution in [1.29, 1.82) is 0 Å². The maximum atomic E-state index is 15.2. The molecule has 1 aliphatic carbocycles. The number of alkyl halides is 1. The average Bonchev–Trinajstić information content (AvgIpc) is 3.36. The highest BCUT2D eigenvalue weighted by Gasteiger charge is 2.56. The first-order valence-electron chi connectivity index (χ1n) is 15.9. The van der Waals surface area contributed by atoms with Crippen molar-refractivity contribution in [3.05, 3.63) is 74.3 Å². The van der Waals surface area contributed by atoms with Crippen LogP contribution in [0.15, 0.2) is 52.1 Å². The normalized spacial score (nSPS) is 29.6. The predicted octanol–water partition coefficient (Wildman–Crippen LogP) is 5.03. The molecule has 7 rings (SSSR count). The van der Waals surface area contributed by atoms with Gasteiger partial charge in [-0.15, -0.1) is 0 Å². The predicted molar refractivity (Wildman–Crippen MR) is 177 cm³/mol. The van der Waals surface area contributed by atoms with Gasteiger partial charge in [0.2, 0.25) is 5.91 Å². The quantitative estimate of drug-likeness (QED) is 0.407. The van der Waals surface area contributed by atoms with E-state index in [1.165, 1.54) is 28.8 Å². The van der Waals surface area contributed by atoms with E-state index in [0.717, 1.165) is 18.4 Å². The third-order valence-corrected chi connectivity index (χ3v) is 11.7. The zero-order chi connectivity index (χ0) is 33.4. The highest BCUT2D eigenvalue weighted by molar-refractivity contribution is 8.18. The van der Waals surface area contributed by atoms with E-state index < -0.39 is 41.6 Å². The number of aliphatic imine (C=N–C) groups is 1. The van der Waals surface area contributed by atoms with E-state index in [1.54, 1.807) is 23.2 Å². The van der Waals surface area contributed by atoms with Crippen LogP contribution in [0.1, 0.15) is 57.2 Å². The first-order chi connectivity index (χ1) is 22.4. The number of nitrogens with one attached hydrogen (secondary N) is 1. The standard InChI is InChI=1S/C33H36Cl2F2N6O3S/c1-17(2)26-27(30(46)41-14-20(36)11-24(41)29(45)42-16-33(8-9-33)39-13-21(42)15-44)47-31-40-32(3,19-5-7-25(35)38-12-19)28(43(26)31)18-4-6-22(34)23(37)10-18/h4-7,10,12,17,20-21,24,28,39,44H,8-9,11,13-16H2,1-3H3/t20-,21-,24+,28-,32+/m1/s1. The van der Waals surface area contributed by atoms with Crippen molar-refractivity contribution in [1.82, 2.24) is 25.0 Å². The summed E-state index contributed by atoms with van der Waals surface area (Å²) in [7, 11) is 0. The third-order valence-electron chi connectivity index (χ3n) is 10.1. The van der Waals surface area contributed by atoms with E-state index in [9.17, 15) is 19.1 Å². The molecular weight excluding hydrogens is 669 g/mol. The number of amides is 2. The lowest BCUT2D eigenvalue weighted by Crippen LogP contribution is -2.63.